The van der Waals surface area contributed by atoms with Crippen LogP contribution in [0.25, 0.3) is 0 Å². The Hall–Kier alpha value is -3.15. The number of carboxylic acids is 1. The van der Waals surface area contributed by atoms with Crippen molar-refractivity contribution in [3.63, 3.8) is 0 Å². The smallest absolute Gasteiger partial charge is 0.349 e. The lowest BCUT2D eigenvalue weighted by Gasteiger charge is -2.13. The van der Waals surface area contributed by atoms with Gasteiger partial charge in [0.25, 0.3) is 0 Å². The highest BCUT2D eigenvalue weighted by atomic mass is 16.6. The third-order valence-electron chi connectivity index (χ3n) is 2.80. The van der Waals surface area contributed by atoms with E-state index in [-0.39, 0.29) is 11.1 Å². The first-order valence-electron chi connectivity index (χ1n) is 6.66. The van der Waals surface area contributed by atoms with Crippen LogP contribution in [-0.4, -0.2) is 29.1 Å². The Kier molecular flexibility index (Phi) is 5.46. The van der Waals surface area contributed by atoms with Gasteiger partial charge in [0.1, 0.15) is 0 Å². The number of esters is 2. The van der Waals surface area contributed by atoms with E-state index in [0.717, 1.165) is 0 Å². The highest BCUT2D eigenvalue weighted by Gasteiger charge is 2.26. The van der Waals surface area contributed by atoms with E-state index < -0.39 is 24.0 Å². The van der Waals surface area contributed by atoms with Crippen LogP contribution in [-0.2, 0) is 14.3 Å². The van der Waals surface area contributed by atoms with E-state index in [1.807, 2.05) is 0 Å². The maximum Gasteiger partial charge on any atom is 0.349 e. The van der Waals surface area contributed by atoms with Crippen molar-refractivity contribution in [2.75, 3.05) is 0 Å². The molecule has 0 saturated carbocycles. The molecule has 2 rings (SSSR count). The Bertz CT molecular complexity index is 681. The van der Waals surface area contributed by atoms with Crippen LogP contribution in [0.15, 0.2) is 60.7 Å². The summed E-state index contributed by atoms with van der Waals surface area (Å²) in [5.74, 6) is -3.02. The number of aliphatic carboxylic acids is 1. The summed E-state index contributed by atoms with van der Waals surface area (Å²) in [7, 11) is 0. The summed E-state index contributed by atoms with van der Waals surface area (Å²) < 4.78 is 9.58. The molecular weight excluding hydrogens is 300 g/mol. The summed E-state index contributed by atoms with van der Waals surface area (Å²) in [5, 5.41) is 9.05. The zero-order valence-corrected chi connectivity index (χ0v) is 11.9. The fourth-order valence-corrected chi connectivity index (χ4v) is 1.66. The first-order valence-corrected chi connectivity index (χ1v) is 6.66. The molecule has 0 aliphatic carbocycles. The van der Waals surface area contributed by atoms with Crippen molar-refractivity contribution in [3.05, 3.63) is 78.4 Å². The molecule has 117 valence electrons. The van der Waals surface area contributed by atoms with Gasteiger partial charge in [-0.05, 0) is 24.3 Å². The van der Waals surface area contributed by atoms with Crippen molar-refractivity contribution in [1.29, 1.82) is 0 Å². The van der Waals surface area contributed by atoms with Crippen LogP contribution in [0.1, 0.15) is 20.7 Å². The topological polar surface area (TPSA) is 89.9 Å². The van der Waals surface area contributed by atoms with Gasteiger partial charge in [-0.2, -0.15) is 0 Å². The second-order valence-corrected chi connectivity index (χ2v) is 4.44. The van der Waals surface area contributed by atoms with E-state index in [9.17, 15) is 14.4 Å². The zero-order valence-electron chi connectivity index (χ0n) is 11.9. The van der Waals surface area contributed by atoms with Crippen molar-refractivity contribution in [1.82, 2.24) is 0 Å². The van der Waals surface area contributed by atoms with Crippen LogP contribution >= 0.6 is 0 Å². The lowest BCUT2D eigenvalue weighted by Crippen LogP contribution is -2.29. The van der Waals surface area contributed by atoms with Gasteiger partial charge in [0.2, 0.25) is 6.10 Å². The van der Waals surface area contributed by atoms with E-state index in [0.29, 0.717) is 6.61 Å². The van der Waals surface area contributed by atoms with E-state index in [1.54, 1.807) is 36.4 Å². The minimum Gasteiger partial charge on any atom is -0.478 e. The maximum absolute atomic E-state index is 11.8. The third-order valence-corrected chi connectivity index (χ3v) is 2.80. The summed E-state index contributed by atoms with van der Waals surface area (Å²) >= 11 is 0. The first-order chi connectivity index (χ1) is 11.1. The molecule has 6 heteroatoms. The van der Waals surface area contributed by atoms with E-state index in [4.69, 9.17) is 14.6 Å². The highest BCUT2D eigenvalue weighted by molar-refractivity contribution is 5.92. The molecule has 1 N–H and O–H groups in total. The predicted octanol–water partition coefficient (Wildman–Crippen LogP) is 2.32. The van der Waals surface area contributed by atoms with Gasteiger partial charge in [-0.15, -0.1) is 0 Å². The number of rotatable bonds is 6. The fraction of sp³-hybridized carbons (Fsp3) is 0.0588. The second-order valence-electron chi connectivity index (χ2n) is 4.44. The number of hydrogen-bond acceptors (Lipinski definition) is 5. The van der Waals surface area contributed by atoms with Crippen LogP contribution in [0.3, 0.4) is 0 Å². The maximum atomic E-state index is 11.8. The molecule has 1 atom stereocenters. The van der Waals surface area contributed by atoms with Gasteiger partial charge >= 0.3 is 17.9 Å². The summed E-state index contributed by atoms with van der Waals surface area (Å²) in [5.41, 5.74) is 0.448. The quantitative estimate of drug-likeness (QED) is 0.823. The largest absolute Gasteiger partial charge is 0.478 e. The molecular formula is C17H13O6. The summed E-state index contributed by atoms with van der Waals surface area (Å²) in [6, 6.07) is 15.9. The Morgan fingerprint density at radius 3 is 1.78 bits per heavy atom. The number of carbonyl (C=O) groups excluding carboxylic acids is 2. The molecule has 0 aliphatic rings. The SMILES string of the molecule is O=C(O[CH][C@@H](OC(=O)c1ccccc1)C(=O)O)c1ccccc1. The van der Waals surface area contributed by atoms with Crippen molar-refractivity contribution in [2.45, 2.75) is 6.10 Å². The van der Waals surface area contributed by atoms with E-state index in [1.165, 1.54) is 24.3 Å². The molecule has 0 aliphatic heterocycles. The van der Waals surface area contributed by atoms with Crippen LogP contribution in [0.5, 0.6) is 0 Å². The van der Waals surface area contributed by atoms with Crippen molar-refractivity contribution < 1.29 is 29.0 Å². The number of carboxylic acid groups (broad SMARTS) is 1. The van der Waals surface area contributed by atoms with Gasteiger partial charge in [-0.3, -0.25) is 0 Å². The van der Waals surface area contributed by atoms with Crippen molar-refractivity contribution in [3.8, 4) is 0 Å². The van der Waals surface area contributed by atoms with Crippen LogP contribution in [0.4, 0.5) is 0 Å². The molecule has 2 aromatic carbocycles. The van der Waals surface area contributed by atoms with Crippen molar-refractivity contribution >= 4 is 17.9 Å². The molecule has 1 radical (unpaired) electrons. The molecule has 0 amide bonds. The average Bonchev–Trinajstić information content (AvgIpc) is 2.59. The standard InChI is InChI=1S/C17H13O6/c18-15(19)14(23-17(21)13-9-5-2-6-10-13)11-22-16(20)12-7-3-1-4-8-12/h1-11,14H,(H,18,19)/t14-/m1/s1. The van der Waals surface area contributed by atoms with E-state index in [2.05, 4.69) is 0 Å². The van der Waals surface area contributed by atoms with Gasteiger partial charge in [0.05, 0.1) is 11.1 Å². The zero-order chi connectivity index (χ0) is 16.7. The Morgan fingerprint density at radius 1 is 0.826 bits per heavy atom. The monoisotopic (exact) mass is 313 g/mol. The Morgan fingerprint density at radius 2 is 1.30 bits per heavy atom. The molecule has 0 heterocycles. The minimum absolute atomic E-state index is 0.196. The number of carbonyl (C=O) groups is 3. The van der Waals surface area contributed by atoms with Crippen LogP contribution in [0, 0.1) is 6.61 Å². The lowest BCUT2D eigenvalue weighted by molar-refractivity contribution is -0.146. The average molecular weight is 313 g/mol. The minimum atomic E-state index is -1.70. The molecule has 2 aromatic rings. The van der Waals surface area contributed by atoms with Gasteiger partial charge in [-0.25, -0.2) is 14.4 Å². The van der Waals surface area contributed by atoms with Gasteiger partial charge in [0, 0.05) is 0 Å². The fourth-order valence-electron chi connectivity index (χ4n) is 1.66. The van der Waals surface area contributed by atoms with Gasteiger partial charge in [-0.1, -0.05) is 36.4 Å². The van der Waals surface area contributed by atoms with Crippen LogP contribution < -0.4 is 0 Å². The number of benzene rings is 2. The first kappa shape index (κ1) is 16.2. The second kappa shape index (κ2) is 7.74. The van der Waals surface area contributed by atoms with Gasteiger partial charge in [0.15, 0.2) is 6.61 Å². The van der Waals surface area contributed by atoms with E-state index >= 15 is 0 Å². The van der Waals surface area contributed by atoms with Crippen LogP contribution in [0.2, 0.25) is 0 Å². The molecule has 6 nitrogen and oxygen atoms in total. The highest BCUT2D eigenvalue weighted by Crippen LogP contribution is 2.09. The normalized spacial score (nSPS) is 11.3. The molecule has 0 bridgehead atoms. The predicted molar refractivity (Wildman–Crippen MR) is 79.4 cm³/mol. The molecule has 0 spiro atoms. The number of hydrogen-bond donors (Lipinski definition) is 1. The Labute approximate surface area is 132 Å². The molecule has 0 unspecified atom stereocenters. The molecule has 0 saturated heterocycles. The Balaban J connectivity index is 1.96. The number of ether oxygens (including phenoxy) is 2. The molecule has 23 heavy (non-hydrogen) atoms. The third kappa shape index (κ3) is 4.67. The van der Waals surface area contributed by atoms with Crippen molar-refractivity contribution in [2.24, 2.45) is 0 Å². The summed E-state index contributed by atoms with van der Waals surface area (Å²) in [6.07, 6.45) is -1.70. The summed E-state index contributed by atoms with van der Waals surface area (Å²) in [4.78, 5) is 34.7. The lowest BCUT2D eigenvalue weighted by atomic mass is 10.2. The molecule has 0 fully saturated rings. The summed E-state index contributed by atoms with van der Waals surface area (Å²) in [6.45, 7) is 0.679. The molecule has 0 aromatic heterocycles. The van der Waals surface area contributed by atoms with Gasteiger partial charge < -0.3 is 14.6 Å².